The molecule has 1 unspecified atom stereocenters. The molecule has 24 heavy (non-hydrogen) atoms. The predicted octanol–water partition coefficient (Wildman–Crippen LogP) is 3.07. The average molecular weight is 353 g/mol. The van der Waals surface area contributed by atoms with Crippen LogP contribution in [0, 0.1) is 0 Å². The summed E-state index contributed by atoms with van der Waals surface area (Å²) in [4.78, 5) is 35.8. The molecule has 1 aromatic carbocycles. The summed E-state index contributed by atoms with van der Waals surface area (Å²) in [5.74, 6) is -0.597. The van der Waals surface area contributed by atoms with E-state index in [0.29, 0.717) is 5.56 Å². The largest absolute Gasteiger partial charge is 0.468 e. The first-order chi connectivity index (χ1) is 11.1. The van der Waals surface area contributed by atoms with Gasteiger partial charge < -0.3 is 14.8 Å². The van der Waals surface area contributed by atoms with Crippen LogP contribution >= 0.6 is 11.8 Å². The fourth-order valence-corrected chi connectivity index (χ4v) is 2.89. The van der Waals surface area contributed by atoms with E-state index in [-0.39, 0.29) is 5.12 Å². The second-order valence-corrected chi connectivity index (χ2v) is 7.41. The molecule has 1 N–H and O–H groups in total. The zero-order valence-electron chi connectivity index (χ0n) is 14.5. The van der Waals surface area contributed by atoms with E-state index in [9.17, 15) is 14.4 Å². The summed E-state index contributed by atoms with van der Waals surface area (Å²) in [6.07, 6.45) is -0.672. The van der Waals surface area contributed by atoms with Crippen molar-refractivity contribution in [3.8, 4) is 0 Å². The predicted molar refractivity (Wildman–Crippen MR) is 92.6 cm³/mol. The molecule has 0 saturated heterocycles. The molecule has 132 valence electrons. The van der Waals surface area contributed by atoms with Crippen LogP contribution in [0.2, 0.25) is 0 Å². The number of carbonyl (C=O) groups is 3. The Morgan fingerprint density at radius 2 is 1.71 bits per heavy atom. The third-order valence-corrected chi connectivity index (χ3v) is 3.91. The zero-order valence-corrected chi connectivity index (χ0v) is 15.3. The van der Waals surface area contributed by atoms with Crippen molar-refractivity contribution in [2.24, 2.45) is 0 Å². The van der Waals surface area contributed by atoms with Gasteiger partial charge in [-0.25, -0.2) is 4.79 Å². The highest BCUT2D eigenvalue weighted by molar-refractivity contribution is 8.14. The van der Waals surface area contributed by atoms with Gasteiger partial charge in [0.05, 0.1) is 13.2 Å². The number of hydrogen-bond acceptors (Lipinski definition) is 6. The zero-order chi connectivity index (χ0) is 18.3. The van der Waals surface area contributed by atoms with Crippen molar-refractivity contribution in [2.75, 3.05) is 7.11 Å². The third-order valence-electron chi connectivity index (χ3n) is 2.86. The van der Waals surface area contributed by atoms with Crippen molar-refractivity contribution in [1.29, 1.82) is 0 Å². The number of esters is 1. The molecule has 0 saturated carbocycles. The normalized spacial score (nSPS) is 13.5. The van der Waals surface area contributed by atoms with Crippen LogP contribution < -0.4 is 5.32 Å². The lowest BCUT2D eigenvalue weighted by atomic mass is 10.0. The van der Waals surface area contributed by atoms with Gasteiger partial charge in [0.25, 0.3) is 0 Å². The summed E-state index contributed by atoms with van der Waals surface area (Å²) in [5, 5.41) is 1.51. The van der Waals surface area contributed by atoms with Crippen molar-refractivity contribution in [1.82, 2.24) is 5.32 Å². The van der Waals surface area contributed by atoms with Gasteiger partial charge >= 0.3 is 12.1 Å². The Kier molecular flexibility index (Phi) is 7.28. The maximum atomic E-state index is 12.2. The lowest BCUT2D eigenvalue weighted by Crippen LogP contribution is -2.42. The van der Waals surface area contributed by atoms with Crippen LogP contribution in [0.15, 0.2) is 30.3 Å². The van der Waals surface area contributed by atoms with E-state index in [2.05, 4.69) is 5.32 Å². The van der Waals surface area contributed by atoms with Crippen molar-refractivity contribution in [2.45, 2.75) is 44.6 Å². The van der Waals surface area contributed by atoms with Crippen molar-refractivity contribution in [3.05, 3.63) is 35.9 Å². The SMILES string of the molecule is COC(=O)C(SC(C)=O)[C@@H](NC(=O)OC(C)(C)C)c1ccccc1. The van der Waals surface area contributed by atoms with Crippen LogP contribution in [0.4, 0.5) is 4.79 Å². The molecule has 1 rings (SSSR count). The second-order valence-electron chi connectivity index (χ2n) is 6.09. The van der Waals surface area contributed by atoms with Crippen LogP contribution in [0.5, 0.6) is 0 Å². The smallest absolute Gasteiger partial charge is 0.408 e. The van der Waals surface area contributed by atoms with E-state index >= 15 is 0 Å². The summed E-state index contributed by atoms with van der Waals surface area (Å²) in [7, 11) is 1.24. The second kappa shape index (κ2) is 8.73. The molecule has 6 nitrogen and oxygen atoms in total. The van der Waals surface area contributed by atoms with Crippen molar-refractivity contribution < 1.29 is 23.9 Å². The molecule has 0 bridgehead atoms. The highest BCUT2D eigenvalue weighted by Crippen LogP contribution is 2.29. The Labute approximate surface area is 146 Å². The van der Waals surface area contributed by atoms with E-state index in [1.807, 2.05) is 6.07 Å². The van der Waals surface area contributed by atoms with Gasteiger partial charge in [0.1, 0.15) is 10.9 Å². The molecule has 7 heteroatoms. The minimum Gasteiger partial charge on any atom is -0.468 e. The van der Waals surface area contributed by atoms with Crippen LogP contribution in [-0.4, -0.2) is 35.1 Å². The summed E-state index contributed by atoms with van der Waals surface area (Å²) in [5.41, 5.74) is -0.00713. The number of amides is 1. The van der Waals surface area contributed by atoms with E-state index in [0.717, 1.165) is 11.8 Å². The third kappa shape index (κ3) is 6.62. The average Bonchev–Trinajstić information content (AvgIpc) is 2.48. The topological polar surface area (TPSA) is 81.7 Å². The van der Waals surface area contributed by atoms with E-state index in [1.54, 1.807) is 45.0 Å². The van der Waals surface area contributed by atoms with Gasteiger partial charge in [-0.05, 0) is 26.3 Å². The Balaban J connectivity index is 3.14. The summed E-state index contributed by atoms with van der Waals surface area (Å²) in [6, 6.07) is 8.15. The molecule has 0 radical (unpaired) electrons. The Morgan fingerprint density at radius 1 is 1.12 bits per heavy atom. The fraction of sp³-hybridized carbons (Fsp3) is 0.471. The number of rotatable bonds is 5. The first-order valence-electron chi connectivity index (χ1n) is 7.43. The Bertz CT molecular complexity index is 582. The fourth-order valence-electron chi connectivity index (χ4n) is 1.98. The quantitative estimate of drug-likeness (QED) is 0.819. The lowest BCUT2D eigenvalue weighted by molar-refractivity contribution is -0.140. The maximum absolute atomic E-state index is 12.2. The number of thioether (sulfide) groups is 1. The number of hydrogen-bond donors (Lipinski definition) is 1. The lowest BCUT2D eigenvalue weighted by Gasteiger charge is -2.27. The standard InChI is InChI=1S/C17H23NO5S/c1-11(19)24-14(15(20)22-5)13(12-9-7-6-8-10-12)18-16(21)23-17(2,3)4/h6-10,13-14H,1-5H3,(H,18,21)/t13-,14?/m0/s1. The highest BCUT2D eigenvalue weighted by Gasteiger charge is 2.34. The molecule has 0 aliphatic heterocycles. The van der Waals surface area contributed by atoms with Crippen LogP contribution in [0.3, 0.4) is 0 Å². The summed E-state index contributed by atoms with van der Waals surface area (Å²) < 4.78 is 10.1. The van der Waals surface area contributed by atoms with Crippen molar-refractivity contribution in [3.63, 3.8) is 0 Å². The molecule has 1 amide bonds. The number of carbonyl (C=O) groups excluding carboxylic acids is 3. The minimum atomic E-state index is -0.914. The van der Waals surface area contributed by atoms with Crippen LogP contribution in [-0.2, 0) is 19.1 Å². The summed E-state index contributed by atoms with van der Waals surface area (Å²) in [6.45, 7) is 6.58. The van der Waals surface area contributed by atoms with Gasteiger partial charge in [-0.1, -0.05) is 42.1 Å². The van der Waals surface area contributed by atoms with Gasteiger partial charge in [0.2, 0.25) is 0 Å². The highest BCUT2D eigenvalue weighted by atomic mass is 32.2. The number of methoxy groups -OCH3 is 1. The minimum absolute atomic E-state index is 0.252. The first kappa shape index (κ1) is 20.0. The molecule has 0 aromatic heterocycles. The molecule has 0 aliphatic rings. The Morgan fingerprint density at radius 3 is 2.17 bits per heavy atom. The Hall–Kier alpha value is -2.02. The van der Waals surface area contributed by atoms with Crippen LogP contribution in [0.25, 0.3) is 0 Å². The monoisotopic (exact) mass is 353 g/mol. The van der Waals surface area contributed by atoms with Gasteiger partial charge in [-0.15, -0.1) is 0 Å². The number of alkyl carbamates (subject to hydrolysis) is 1. The number of ether oxygens (including phenoxy) is 2. The summed E-state index contributed by atoms with van der Waals surface area (Å²) >= 11 is 0.811. The van der Waals surface area contributed by atoms with E-state index in [4.69, 9.17) is 9.47 Å². The molecule has 0 heterocycles. The van der Waals surface area contributed by atoms with Gasteiger partial charge in [0.15, 0.2) is 5.12 Å². The molecular formula is C17H23NO5S. The maximum Gasteiger partial charge on any atom is 0.408 e. The molecule has 0 aliphatic carbocycles. The van der Waals surface area contributed by atoms with Gasteiger partial charge in [0, 0.05) is 6.92 Å². The van der Waals surface area contributed by atoms with Crippen LogP contribution in [0.1, 0.15) is 39.3 Å². The molecule has 2 atom stereocenters. The molecule has 0 fully saturated rings. The molecule has 0 spiro atoms. The molecule has 1 aromatic rings. The van der Waals surface area contributed by atoms with Gasteiger partial charge in [-0.2, -0.15) is 0 Å². The molecular weight excluding hydrogens is 330 g/mol. The number of benzene rings is 1. The van der Waals surface area contributed by atoms with E-state index < -0.39 is 29.0 Å². The first-order valence-corrected chi connectivity index (χ1v) is 8.31. The van der Waals surface area contributed by atoms with E-state index in [1.165, 1.54) is 14.0 Å². The number of nitrogens with one attached hydrogen (secondary N) is 1. The van der Waals surface area contributed by atoms with Gasteiger partial charge in [-0.3, -0.25) is 9.59 Å². The van der Waals surface area contributed by atoms with Crippen molar-refractivity contribution >= 4 is 28.9 Å².